The molecule has 0 bridgehead atoms. The van der Waals surface area contributed by atoms with E-state index in [4.69, 9.17) is 4.74 Å². The monoisotopic (exact) mass is 498 g/mol. The van der Waals surface area contributed by atoms with Crippen LogP contribution in [-0.2, 0) is 4.74 Å². The molecule has 1 saturated heterocycles. The summed E-state index contributed by atoms with van der Waals surface area (Å²) in [5.74, 6) is 0. The molecule has 4 rings (SSSR count). The molecule has 2 heterocycles. The molecule has 1 amide bonds. The first-order chi connectivity index (χ1) is 17.0. The zero-order valence-electron chi connectivity index (χ0n) is 20.8. The van der Waals surface area contributed by atoms with Crippen molar-refractivity contribution in [1.29, 1.82) is 0 Å². The summed E-state index contributed by atoms with van der Waals surface area (Å²) in [5.41, 5.74) is 0.424. The van der Waals surface area contributed by atoms with Gasteiger partial charge in [-0.2, -0.15) is 8.78 Å². The summed E-state index contributed by atoms with van der Waals surface area (Å²) in [4.78, 5) is 26.8. The summed E-state index contributed by atoms with van der Waals surface area (Å²) >= 11 is 0. The van der Waals surface area contributed by atoms with Gasteiger partial charge in [-0.15, -0.1) is 0 Å². The number of alkyl halides is 2. The number of carbonyl (C=O) groups is 1. The summed E-state index contributed by atoms with van der Waals surface area (Å²) in [6.07, 6.45) is 9.50. The van der Waals surface area contributed by atoms with E-state index in [9.17, 15) is 23.5 Å². The van der Waals surface area contributed by atoms with Crippen molar-refractivity contribution in [3.05, 3.63) is 82.3 Å². The number of hydrogen-bond donors (Lipinski definition) is 1. The highest BCUT2D eigenvalue weighted by molar-refractivity contribution is 5.71. The van der Waals surface area contributed by atoms with Crippen LogP contribution >= 0.6 is 0 Å². The van der Waals surface area contributed by atoms with E-state index in [1.807, 2.05) is 25.1 Å². The van der Waals surface area contributed by atoms with Gasteiger partial charge in [-0.1, -0.05) is 42.5 Å². The second-order valence-electron chi connectivity index (χ2n) is 10.2. The predicted octanol–water partition coefficient (Wildman–Crippen LogP) is 5.99. The van der Waals surface area contributed by atoms with Crippen LogP contribution in [0.4, 0.5) is 13.6 Å². The van der Waals surface area contributed by atoms with Gasteiger partial charge in [-0.25, -0.2) is 4.79 Å². The maximum atomic E-state index is 13.2. The molecule has 1 fully saturated rings. The highest BCUT2D eigenvalue weighted by atomic mass is 19.3. The Morgan fingerprint density at radius 2 is 1.83 bits per heavy atom. The zero-order valence-corrected chi connectivity index (χ0v) is 20.8. The number of hydrogen-bond acceptors (Lipinski definition) is 4. The maximum Gasteiger partial charge on any atom is 0.411 e. The normalized spacial score (nSPS) is 21.4. The highest BCUT2D eigenvalue weighted by Crippen LogP contribution is 2.41. The van der Waals surface area contributed by atoms with Crippen molar-refractivity contribution >= 4 is 6.09 Å². The van der Waals surface area contributed by atoms with Crippen LogP contribution in [0.5, 0.6) is 0 Å². The number of rotatable bonds is 7. The molecule has 192 valence electrons. The van der Waals surface area contributed by atoms with E-state index in [0.29, 0.717) is 35.1 Å². The summed E-state index contributed by atoms with van der Waals surface area (Å²) in [5, 5.41) is 10.6. The van der Waals surface area contributed by atoms with Crippen LogP contribution in [0.25, 0.3) is 11.1 Å². The molecule has 2 aliphatic rings. The minimum atomic E-state index is -2.88. The number of benzene rings is 1. The lowest BCUT2D eigenvalue weighted by atomic mass is 9.78. The fraction of sp³-hybridized carbons (Fsp3) is 0.429. The quantitative estimate of drug-likeness (QED) is 0.509. The average Bonchev–Trinajstić information content (AvgIpc) is 2.83. The van der Waals surface area contributed by atoms with Crippen LogP contribution in [0.3, 0.4) is 0 Å². The van der Waals surface area contributed by atoms with Gasteiger partial charge in [0.25, 0.3) is 5.56 Å². The number of aliphatic hydroxyl groups is 1. The Kier molecular flexibility index (Phi) is 7.18. The number of aromatic nitrogens is 1. The van der Waals surface area contributed by atoms with E-state index in [0.717, 1.165) is 30.2 Å². The third kappa shape index (κ3) is 5.43. The first-order valence-electron chi connectivity index (χ1n) is 12.2. The summed E-state index contributed by atoms with van der Waals surface area (Å²) in [6, 6.07) is 9.72. The highest BCUT2D eigenvalue weighted by Gasteiger charge is 2.47. The molecule has 2 aromatic rings. The number of cyclic esters (lactones) is 1. The molecule has 1 aliphatic carbocycles. The molecule has 1 aromatic carbocycles. The molecule has 6 nitrogen and oxygen atoms in total. The summed E-state index contributed by atoms with van der Waals surface area (Å²) in [6.45, 7) is 2.95. The third-order valence-corrected chi connectivity index (χ3v) is 6.87. The number of ether oxygens (including phenoxy) is 1. The smallest absolute Gasteiger partial charge is 0.411 e. The van der Waals surface area contributed by atoms with Crippen LogP contribution in [0.15, 0.2) is 71.2 Å². The van der Waals surface area contributed by atoms with Gasteiger partial charge in [0.2, 0.25) is 0 Å². The van der Waals surface area contributed by atoms with Crippen LogP contribution in [0.2, 0.25) is 0 Å². The Morgan fingerprint density at radius 1 is 1.11 bits per heavy atom. The predicted molar refractivity (Wildman–Crippen MR) is 134 cm³/mol. The minimum absolute atomic E-state index is 0.269. The molecule has 2 unspecified atom stereocenters. The molecule has 0 radical (unpaired) electrons. The van der Waals surface area contributed by atoms with Gasteiger partial charge < -0.3 is 14.7 Å². The van der Waals surface area contributed by atoms with E-state index in [2.05, 4.69) is 12.2 Å². The van der Waals surface area contributed by atoms with E-state index in [1.165, 1.54) is 12.1 Å². The van der Waals surface area contributed by atoms with Gasteiger partial charge in [0.1, 0.15) is 5.60 Å². The molecular weight excluding hydrogens is 466 g/mol. The molecular formula is C28H32F2N2O4. The number of amides is 1. The Hall–Kier alpha value is -3.26. The second-order valence-corrected chi connectivity index (χ2v) is 10.2. The van der Waals surface area contributed by atoms with Crippen LogP contribution in [-0.4, -0.2) is 38.4 Å². The number of carbonyl (C=O) groups excluding carboxylic acids is 1. The molecule has 0 saturated carbocycles. The third-order valence-electron chi connectivity index (χ3n) is 6.87. The van der Waals surface area contributed by atoms with Crippen LogP contribution in [0, 0.1) is 0 Å². The van der Waals surface area contributed by atoms with E-state index >= 15 is 0 Å². The SMILES string of the molecule is CC(c1ccc(-c2ccn(C(F)F)c(=O)c2)cc1)N1CCC(CC(C)(C)O)(C2=CCCC=C2)OC1=O. The Bertz CT molecular complexity index is 1230. The van der Waals surface area contributed by atoms with Crippen molar-refractivity contribution < 1.29 is 23.4 Å². The van der Waals surface area contributed by atoms with Gasteiger partial charge in [-0.05, 0) is 61.9 Å². The largest absolute Gasteiger partial charge is 0.438 e. The fourth-order valence-corrected chi connectivity index (χ4v) is 5.07. The topological polar surface area (TPSA) is 71.8 Å². The maximum absolute atomic E-state index is 13.2. The van der Waals surface area contributed by atoms with Crippen molar-refractivity contribution in [3.8, 4) is 11.1 Å². The van der Waals surface area contributed by atoms with E-state index < -0.39 is 29.4 Å². The van der Waals surface area contributed by atoms with Crippen molar-refractivity contribution in [1.82, 2.24) is 9.47 Å². The molecule has 0 spiro atoms. The molecule has 1 N–H and O–H groups in total. The van der Waals surface area contributed by atoms with Crippen LogP contribution in [0.1, 0.15) is 64.6 Å². The first-order valence-corrected chi connectivity index (χ1v) is 12.2. The van der Waals surface area contributed by atoms with Crippen molar-refractivity contribution in [2.45, 2.75) is 70.2 Å². The molecule has 1 aliphatic heterocycles. The Labute approximate surface area is 209 Å². The van der Waals surface area contributed by atoms with Crippen molar-refractivity contribution in [2.75, 3.05) is 6.54 Å². The average molecular weight is 499 g/mol. The second kappa shape index (κ2) is 10.0. The van der Waals surface area contributed by atoms with E-state index in [-0.39, 0.29) is 6.04 Å². The van der Waals surface area contributed by atoms with Gasteiger partial charge in [0.15, 0.2) is 0 Å². The van der Waals surface area contributed by atoms with Gasteiger partial charge in [-0.3, -0.25) is 9.36 Å². The van der Waals surface area contributed by atoms with Crippen LogP contribution < -0.4 is 5.56 Å². The number of pyridine rings is 1. The minimum Gasteiger partial charge on any atom is -0.438 e. The Balaban J connectivity index is 1.51. The van der Waals surface area contributed by atoms with Crippen molar-refractivity contribution in [3.63, 3.8) is 0 Å². The number of nitrogens with zero attached hydrogens (tertiary/aromatic N) is 2. The van der Waals surface area contributed by atoms with Crippen molar-refractivity contribution in [2.24, 2.45) is 0 Å². The fourth-order valence-electron chi connectivity index (χ4n) is 5.07. The standard InChI is InChI=1S/C28H32F2N2O4/c1-19(20-9-11-21(12-10-20)22-13-15-32(25(29)30)24(33)17-22)31-16-14-28(36-26(31)34,18-27(2,3)35)23-7-5-4-6-8-23/h5,7-13,15,17,19,25,35H,4,6,14,16,18H2,1-3H3. The molecule has 1 aromatic heterocycles. The van der Waals surface area contributed by atoms with Gasteiger partial charge in [0.05, 0.1) is 11.6 Å². The van der Waals surface area contributed by atoms with Gasteiger partial charge in [0, 0.05) is 31.6 Å². The van der Waals surface area contributed by atoms with Gasteiger partial charge >= 0.3 is 12.6 Å². The lowest BCUT2D eigenvalue weighted by molar-refractivity contribution is -0.0748. The summed E-state index contributed by atoms with van der Waals surface area (Å²) in [7, 11) is 0. The molecule has 2 atom stereocenters. The molecule has 36 heavy (non-hydrogen) atoms. The summed E-state index contributed by atoms with van der Waals surface area (Å²) < 4.78 is 32.2. The molecule has 8 heteroatoms. The lowest BCUT2D eigenvalue weighted by Gasteiger charge is -2.46. The Morgan fingerprint density at radius 3 is 2.39 bits per heavy atom. The number of allylic oxidation sites excluding steroid dienone is 2. The lowest BCUT2D eigenvalue weighted by Crippen LogP contribution is -2.53. The zero-order chi connectivity index (χ0) is 26.1. The van der Waals surface area contributed by atoms with E-state index in [1.54, 1.807) is 30.9 Å². The number of halogens is 2. The first kappa shape index (κ1) is 25.8.